The third kappa shape index (κ3) is 4.83. The van der Waals surface area contributed by atoms with Gasteiger partial charge in [0.1, 0.15) is 11.9 Å². The van der Waals surface area contributed by atoms with Crippen LogP contribution in [0.4, 0.5) is 0 Å². The lowest BCUT2D eigenvalue weighted by atomic mass is 9.86. The molecule has 0 aromatic heterocycles. The summed E-state index contributed by atoms with van der Waals surface area (Å²) in [4.78, 5) is 10.8. The number of rotatable bonds is 8. The Morgan fingerprint density at radius 1 is 1.41 bits per heavy atom. The summed E-state index contributed by atoms with van der Waals surface area (Å²) in [5, 5.41) is 29.9. The number of fused-ring (bicyclic) bond motifs is 3. The minimum Gasteiger partial charge on any atom is -0.489 e. The van der Waals surface area contributed by atoms with Crippen LogP contribution in [0, 0.1) is 23.7 Å². The summed E-state index contributed by atoms with van der Waals surface area (Å²) in [5.74, 6) is 5.87. The molecule has 5 heteroatoms. The topological polar surface area (TPSA) is 87.0 Å². The molecule has 2 aliphatic rings. The first-order valence-corrected chi connectivity index (χ1v) is 10.4. The number of para-hydroxylation sites is 1. The van der Waals surface area contributed by atoms with Crippen molar-refractivity contribution in [3.05, 3.63) is 41.5 Å². The third-order valence-corrected chi connectivity index (χ3v) is 6.04. The maximum atomic E-state index is 10.8. The molecule has 0 spiro atoms. The van der Waals surface area contributed by atoms with Crippen LogP contribution >= 0.6 is 0 Å². The van der Waals surface area contributed by atoms with Gasteiger partial charge in [-0.25, -0.2) is 0 Å². The molecule has 3 rings (SSSR count). The molecule has 1 aromatic rings. The zero-order valence-electron chi connectivity index (χ0n) is 17.0. The van der Waals surface area contributed by atoms with Gasteiger partial charge in [0.05, 0.1) is 12.2 Å². The number of aliphatic hydroxyl groups excluding tert-OH is 2. The second-order valence-electron chi connectivity index (χ2n) is 8.13. The van der Waals surface area contributed by atoms with Gasteiger partial charge in [-0.2, -0.15) is 0 Å². The van der Waals surface area contributed by atoms with Gasteiger partial charge in [0, 0.05) is 36.7 Å². The number of ether oxygens (including phenoxy) is 1. The van der Waals surface area contributed by atoms with Crippen molar-refractivity contribution >= 4 is 5.97 Å². The second kappa shape index (κ2) is 9.47. The van der Waals surface area contributed by atoms with Crippen molar-refractivity contribution in [2.24, 2.45) is 11.8 Å². The first-order valence-electron chi connectivity index (χ1n) is 10.4. The summed E-state index contributed by atoms with van der Waals surface area (Å²) in [7, 11) is 0. The van der Waals surface area contributed by atoms with Crippen molar-refractivity contribution in [3.63, 3.8) is 0 Å². The van der Waals surface area contributed by atoms with Crippen LogP contribution in [0.3, 0.4) is 0 Å². The van der Waals surface area contributed by atoms with E-state index in [1.165, 1.54) is 0 Å². The quantitative estimate of drug-likeness (QED) is 0.462. The normalized spacial score (nSPS) is 26.9. The highest BCUT2D eigenvalue weighted by atomic mass is 16.5. The van der Waals surface area contributed by atoms with Crippen LogP contribution in [0.15, 0.2) is 30.4 Å². The fraction of sp³-hybridized carbons (Fsp3) is 0.542. The molecule has 1 fully saturated rings. The molecule has 156 valence electrons. The van der Waals surface area contributed by atoms with Gasteiger partial charge in [-0.05, 0) is 31.2 Å². The third-order valence-electron chi connectivity index (χ3n) is 6.04. The molecule has 1 saturated carbocycles. The molecule has 1 unspecified atom stereocenters. The second-order valence-corrected chi connectivity index (χ2v) is 8.13. The molecule has 0 bridgehead atoms. The number of hydrogen-bond donors (Lipinski definition) is 3. The number of benzene rings is 1. The fourth-order valence-corrected chi connectivity index (χ4v) is 4.41. The van der Waals surface area contributed by atoms with Crippen molar-refractivity contribution < 1.29 is 24.9 Å². The number of carboxylic acid groups (broad SMARTS) is 1. The number of carbonyl (C=O) groups is 1. The van der Waals surface area contributed by atoms with E-state index in [1.807, 2.05) is 31.2 Å². The van der Waals surface area contributed by atoms with E-state index >= 15 is 0 Å². The number of aliphatic hydroxyl groups is 2. The molecular weight excluding hydrogens is 368 g/mol. The van der Waals surface area contributed by atoms with E-state index in [0.717, 1.165) is 16.9 Å². The van der Waals surface area contributed by atoms with Crippen LogP contribution in [0.2, 0.25) is 0 Å². The summed E-state index contributed by atoms with van der Waals surface area (Å²) in [6.07, 6.45) is 5.07. The predicted molar refractivity (Wildman–Crippen MR) is 111 cm³/mol. The van der Waals surface area contributed by atoms with Gasteiger partial charge >= 0.3 is 5.97 Å². The van der Waals surface area contributed by atoms with Crippen molar-refractivity contribution in [3.8, 4) is 17.6 Å². The van der Waals surface area contributed by atoms with Crippen LogP contribution < -0.4 is 4.74 Å². The summed E-state index contributed by atoms with van der Waals surface area (Å²) in [6, 6.07) is 6.01. The lowest BCUT2D eigenvalue weighted by Gasteiger charge is -2.19. The average molecular weight is 398 g/mol. The molecule has 3 N–H and O–H groups in total. The Morgan fingerprint density at radius 3 is 2.93 bits per heavy atom. The summed E-state index contributed by atoms with van der Waals surface area (Å²) in [6.45, 7) is 3.75. The minimum absolute atomic E-state index is 0.0287. The molecule has 1 aliphatic carbocycles. The smallest absolute Gasteiger partial charge is 0.303 e. The first-order chi connectivity index (χ1) is 13.9. The lowest BCUT2D eigenvalue weighted by molar-refractivity contribution is -0.137. The Morgan fingerprint density at radius 2 is 2.21 bits per heavy atom. The maximum Gasteiger partial charge on any atom is 0.303 e. The van der Waals surface area contributed by atoms with Crippen LogP contribution in [0.5, 0.6) is 5.75 Å². The highest BCUT2D eigenvalue weighted by Gasteiger charge is 2.48. The Hall–Kier alpha value is -2.29. The zero-order chi connectivity index (χ0) is 21.0. The Balaban J connectivity index is 1.75. The molecule has 1 aliphatic heterocycles. The van der Waals surface area contributed by atoms with E-state index in [9.17, 15) is 15.0 Å². The van der Waals surface area contributed by atoms with Crippen LogP contribution in [-0.2, 0) is 11.2 Å². The van der Waals surface area contributed by atoms with Gasteiger partial charge in [-0.3, -0.25) is 4.79 Å². The summed E-state index contributed by atoms with van der Waals surface area (Å²) >= 11 is 0. The van der Waals surface area contributed by atoms with Crippen LogP contribution in [0.1, 0.15) is 56.6 Å². The van der Waals surface area contributed by atoms with Crippen molar-refractivity contribution in [2.75, 3.05) is 0 Å². The molecule has 0 radical (unpaired) electrons. The molecule has 29 heavy (non-hydrogen) atoms. The highest BCUT2D eigenvalue weighted by Crippen LogP contribution is 2.52. The van der Waals surface area contributed by atoms with E-state index < -0.39 is 18.2 Å². The Bertz CT molecular complexity index is 818. The van der Waals surface area contributed by atoms with Crippen LogP contribution in [-0.4, -0.2) is 39.6 Å². The SMILES string of the molecule is CC#CC[C@H](C)[C@H](O)/C=C/[C@@H]1C2c3cccc(CCCC(=O)O)c3O[C@H]2C[C@H]1O. The van der Waals surface area contributed by atoms with Crippen molar-refractivity contribution in [1.82, 2.24) is 0 Å². The van der Waals surface area contributed by atoms with Gasteiger partial charge in [-0.1, -0.05) is 37.3 Å². The predicted octanol–water partition coefficient (Wildman–Crippen LogP) is 3.29. The van der Waals surface area contributed by atoms with E-state index in [-0.39, 0.29) is 30.3 Å². The molecule has 0 saturated heterocycles. The first kappa shape index (κ1) is 21.4. The van der Waals surface area contributed by atoms with E-state index in [1.54, 1.807) is 13.0 Å². The van der Waals surface area contributed by atoms with Crippen LogP contribution in [0.25, 0.3) is 0 Å². The molecule has 0 amide bonds. The van der Waals surface area contributed by atoms with Crippen molar-refractivity contribution in [2.45, 2.75) is 70.2 Å². The zero-order valence-corrected chi connectivity index (χ0v) is 17.0. The maximum absolute atomic E-state index is 10.8. The molecular formula is C24H30O5. The van der Waals surface area contributed by atoms with Gasteiger partial charge < -0.3 is 20.1 Å². The number of carboxylic acids is 1. The molecule has 5 nitrogen and oxygen atoms in total. The Labute approximate surface area is 172 Å². The monoisotopic (exact) mass is 398 g/mol. The van der Waals surface area contributed by atoms with Gasteiger partial charge in [0.2, 0.25) is 0 Å². The standard InChI is InChI=1S/C24H30O5/c1-3-4-7-15(2)19(25)13-12-17-20(26)14-21-23(17)18-10-5-8-16(24(18)29-21)9-6-11-22(27)28/h5,8,10,12-13,15,17,19-21,23,25-26H,6-7,9,11,14H2,1-2H3,(H,27,28)/b13-12+/t15-,17-,19+,20+,21-,23?/m0/s1. The Kier molecular flexibility index (Phi) is 7.00. The number of aryl methyl sites for hydroxylation is 1. The average Bonchev–Trinajstić information content (AvgIpc) is 3.19. The van der Waals surface area contributed by atoms with Gasteiger partial charge in [0.15, 0.2) is 0 Å². The molecule has 1 heterocycles. The van der Waals surface area contributed by atoms with Gasteiger partial charge in [-0.15, -0.1) is 11.8 Å². The number of hydrogen-bond acceptors (Lipinski definition) is 4. The molecule has 1 aromatic carbocycles. The van der Waals surface area contributed by atoms with E-state index in [0.29, 0.717) is 25.7 Å². The van der Waals surface area contributed by atoms with Crippen molar-refractivity contribution in [1.29, 1.82) is 0 Å². The summed E-state index contributed by atoms with van der Waals surface area (Å²) in [5.41, 5.74) is 2.11. The lowest BCUT2D eigenvalue weighted by Crippen LogP contribution is -2.19. The van der Waals surface area contributed by atoms with E-state index in [2.05, 4.69) is 11.8 Å². The van der Waals surface area contributed by atoms with E-state index in [4.69, 9.17) is 9.84 Å². The molecule has 6 atom stereocenters. The van der Waals surface area contributed by atoms with Gasteiger partial charge in [0.25, 0.3) is 0 Å². The minimum atomic E-state index is -0.790. The summed E-state index contributed by atoms with van der Waals surface area (Å²) < 4.78 is 6.21. The largest absolute Gasteiger partial charge is 0.489 e. The number of aliphatic carboxylic acids is 1. The fourth-order valence-electron chi connectivity index (χ4n) is 4.41. The highest BCUT2D eigenvalue weighted by molar-refractivity contribution is 5.66.